The Bertz CT molecular complexity index is 297. The van der Waals surface area contributed by atoms with Crippen LogP contribution in [-0.2, 0) is 6.54 Å². The van der Waals surface area contributed by atoms with Crippen LogP contribution in [0, 0.1) is 5.41 Å². The molecule has 2 aliphatic carbocycles. The van der Waals surface area contributed by atoms with E-state index in [0.29, 0.717) is 0 Å². The highest BCUT2D eigenvalue weighted by Crippen LogP contribution is 2.55. The third kappa shape index (κ3) is 1.46. The second-order valence-electron chi connectivity index (χ2n) is 4.74. The molecule has 0 bridgehead atoms. The average Bonchev–Trinajstić information content (AvgIpc) is 2.50. The molecule has 1 spiro atoms. The quantitative estimate of drug-likeness (QED) is 0.827. The summed E-state index contributed by atoms with van der Waals surface area (Å²) in [6, 6.07) is 0.747. The van der Waals surface area contributed by atoms with E-state index in [9.17, 15) is 0 Å². The van der Waals surface area contributed by atoms with Gasteiger partial charge in [-0.3, -0.25) is 0 Å². The van der Waals surface area contributed by atoms with Crippen molar-refractivity contribution in [2.24, 2.45) is 5.41 Å². The molecular weight excluding hydrogens is 194 g/mol. The lowest BCUT2D eigenvalue weighted by molar-refractivity contribution is -0.00274. The summed E-state index contributed by atoms with van der Waals surface area (Å²) < 4.78 is 3.85. The summed E-state index contributed by atoms with van der Waals surface area (Å²) in [7, 11) is 0. The van der Waals surface area contributed by atoms with Gasteiger partial charge in [-0.05, 0) is 42.6 Å². The van der Waals surface area contributed by atoms with Crippen LogP contribution in [0.5, 0.6) is 0 Å². The van der Waals surface area contributed by atoms with Crippen molar-refractivity contribution in [2.45, 2.75) is 44.7 Å². The SMILES string of the molecule is c1snnc1CNC1CC2(CCC2)C1. The van der Waals surface area contributed by atoms with Crippen molar-refractivity contribution in [3.8, 4) is 0 Å². The molecule has 76 valence electrons. The number of nitrogens with zero attached hydrogens (tertiary/aromatic N) is 2. The summed E-state index contributed by atoms with van der Waals surface area (Å²) in [5, 5.41) is 9.59. The van der Waals surface area contributed by atoms with E-state index >= 15 is 0 Å². The van der Waals surface area contributed by atoms with Gasteiger partial charge in [0.2, 0.25) is 0 Å². The van der Waals surface area contributed by atoms with Crippen LogP contribution in [0.15, 0.2) is 5.38 Å². The van der Waals surface area contributed by atoms with Gasteiger partial charge in [0.15, 0.2) is 0 Å². The van der Waals surface area contributed by atoms with Gasteiger partial charge < -0.3 is 5.32 Å². The zero-order chi connectivity index (χ0) is 9.43. The zero-order valence-corrected chi connectivity index (χ0v) is 9.02. The molecule has 1 heterocycles. The van der Waals surface area contributed by atoms with Crippen molar-refractivity contribution in [1.29, 1.82) is 0 Å². The fourth-order valence-corrected chi connectivity index (χ4v) is 3.18. The van der Waals surface area contributed by atoms with E-state index in [0.717, 1.165) is 23.7 Å². The lowest BCUT2D eigenvalue weighted by Gasteiger charge is -2.54. The predicted octanol–water partition coefficient (Wildman–Crippen LogP) is 1.96. The minimum absolute atomic E-state index is 0.747. The summed E-state index contributed by atoms with van der Waals surface area (Å²) in [6.07, 6.45) is 7.20. The van der Waals surface area contributed by atoms with Gasteiger partial charge in [-0.2, -0.15) is 0 Å². The molecule has 3 nitrogen and oxygen atoms in total. The Labute approximate surface area is 88.1 Å². The molecule has 2 fully saturated rings. The second-order valence-corrected chi connectivity index (χ2v) is 5.35. The minimum atomic E-state index is 0.747. The molecule has 0 aromatic carbocycles. The maximum Gasteiger partial charge on any atom is 0.0893 e. The van der Waals surface area contributed by atoms with Crippen molar-refractivity contribution in [1.82, 2.24) is 14.9 Å². The summed E-state index contributed by atoms with van der Waals surface area (Å²) in [6.45, 7) is 0.900. The largest absolute Gasteiger partial charge is 0.308 e. The lowest BCUT2D eigenvalue weighted by Crippen LogP contribution is -2.51. The van der Waals surface area contributed by atoms with Gasteiger partial charge in [0.1, 0.15) is 0 Å². The van der Waals surface area contributed by atoms with E-state index < -0.39 is 0 Å². The third-order valence-corrected chi connectivity index (χ3v) is 4.30. The number of hydrogen-bond donors (Lipinski definition) is 1. The smallest absolute Gasteiger partial charge is 0.0893 e. The first kappa shape index (κ1) is 8.80. The standard InChI is InChI=1S/C10H15N3S/c1-2-10(3-1)4-8(5-10)11-6-9-7-14-13-12-9/h7-8,11H,1-6H2. The Hall–Kier alpha value is -0.480. The third-order valence-electron chi connectivity index (χ3n) is 3.75. The molecule has 3 rings (SSSR count). The minimum Gasteiger partial charge on any atom is -0.308 e. The molecule has 0 atom stereocenters. The maximum atomic E-state index is 4.02. The van der Waals surface area contributed by atoms with Crippen molar-refractivity contribution in [2.75, 3.05) is 0 Å². The zero-order valence-electron chi connectivity index (χ0n) is 8.20. The normalized spacial score (nSPS) is 24.6. The van der Waals surface area contributed by atoms with E-state index in [1.807, 2.05) is 5.38 Å². The Kier molecular flexibility index (Phi) is 2.06. The molecule has 14 heavy (non-hydrogen) atoms. The fourth-order valence-electron chi connectivity index (χ4n) is 2.72. The topological polar surface area (TPSA) is 37.8 Å². The average molecular weight is 209 g/mol. The number of hydrogen-bond acceptors (Lipinski definition) is 4. The summed E-state index contributed by atoms with van der Waals surface area (Å²) in [5.41, 5.74) is 1.86. The molecule has 1 aromatic rings. The van der Waals surface area contributed by atoms with E-state index in [2.05, 4.69) is 14.9 Å². The number of nitrogens with one attached hydrogen (secondary N) is 1. The second kappa shape index (κ2) is 3.28. The maximum absolute atomic E-state index is 4.02. The summed E-state index contributed by atoms with van der Waals surface area (Å²) >= 11 is 1.43. The first-order chi connectivity index (χ1) is 6.86. The van der Waals surface area contributed by atoms with Crippen LogP contribution in [-0.4, -0.2) is 15.6 Å². The first-order valence-electron chi connectivity index (χ1n) is 5.36. The van der Waals surface area contributed by atoms with Gasteiger partial charge in [-0.1, -0.05) is 10.9 Å². The molecule has 1 N–H and O–H groups in total. The molecule has 1 aromatic heterocycles. The van der Waals surface area contributed by atoms with Crippen LogP contribution >= 0.6 is 11.5 Å². The lowest BCUT2D eigenvalue weighted by atomic mass is 9.54. The van der Waals surface area contributed by atoms with Crippen LogP contribution in [0.2, 0.25) is 0 Å². The molecule has 0 saturated heterocycles. The Morgan fingerprint density at radius 2 is 2.36 bits per heavy atom. The van der Waals surface area contributed by atoms with Crippen molar-refractivity contribution in [3.63, 3.8) is 0 Å². The van der Waals surface area contributed by atoms with Gasteiger partial charge >= 0.3 is 0 Å². The van der Waals surface area contributed by atoms with Crippen LogP contribution in [0.4, 0.5) is 0 Å². The van der Waals surface area contributed by atoms with E-state index in [1.54, 1.807) is 0 Å². The number of rotatable bonds is 3. The van der Waals surface area contributed by atoms with Gasteiger partial charge in [0.25, 0.3) is 0 Å². The highest BCUT2D eigenvalue weighted by Gasteiger charge is 2.47. The monoisotopic (exact) mass is 209 g/mol. The van der Waals surface area contributed by atoms with Crippen LogP contribution in [0.3, 0.4) is 0 Å². The molecule has 4 heteroatoms. The van der Waals surface area contributed by atoms with Crippen molar-refractivity contribution < 1.29 is 0 Å². The molecule has 0 unspecified atom stereocenters. The fraction of sp³-hybridized carbons (Fsp3) is 0.800. The van der Waals surface area contributed by atoms with Gasteiger partial charge in [-0.15, -0.1) is 5.10 Å². The van der Waals surface area contributed by atoms with Crippen LogP contribution < -0.4 is 5.32 Å². The molecule has 0 aliphatic heterocycles. The summed E-state index contributed by atoms with van der Waals surface area (Å²) in [4.78, 5) is 0. The number of aromatic nitrogens is 2. The van der Waals surface area contributed by atoms with Gasteiger partial charge in [0, 0.05) is 18.0 Å². The van der Waals surface area contributed by atoms with E-state index in [-0.39, 0.29) is 0 Å². The predicted molar refractivity (Wildman–Crippen MR) is 56.1 cm³/mol. The van der Waals surface area contributed by atoms with Gasteiger partial charge in [-0.25, -0.2) is 0 Å². The van der Waals surface area contributed by atoms with Crippen molar-refractivity contribution in [3.05, 3.63) is 11.1 Å². The van der Waals surface area contributed by atoms with E-state index in [4.69, 9.17) is 0 Å². The molecular formula is C10H15N3S. The summed E-state index contributed by atoms with van der Waals surface area (Å²) in [5.74, 6) is 0. The van der Waals surface area contributed by atoms with E-state index in [1.165, 1.54) is 43.6 Å². The highest BCUT2D eigenvalue weighted by atomic mass is 32.1. The molecule has 0 radical (unpaired) electrons. The Morgan fingerprint density at radius 3 is 2.93 bits per heavy atom. The molecule has 2 aliphatic rings. The highest BCUT2D eigenvalue weighted by molar-refractivity contribution is 7.03. The van der Waals surface area contributed by atoms with Gasteiger partial charge in [0.05, 0.1) is 5.69 Å². The molecule has 0 amide bonds. The Balaban J connectivity index is 1.43. The first-order valence-corrected chi connectivity index (χ1v) is 6.19. The van der Waals surface area contributed by atoms with Crippen molar-refractivity contribution >= 4 is 11.5 Å². The molecule has 2 saturated carbocycles. The van der Waals surface area contributed by atoms with Crippen LogP contribution in [0.25, 0.3) is 0 Å². The Morgan fingerprint density at radius 1 is 1.50 bits per heavy atom. The van der Waals surface area contributed by atoms with Crippen LogP contribution in [0.1, 0.15) is 37.8 Å².